The zero-order chi connectivity index (χ0) is 32.2. The van der Waals surface area contributed by atoms with Gasteiger partial charge in [0.25, 0.3) is 0 Å². The van der Waals surface area contributed by atoms with Gasteiger partial charge in [0.2, 0.25) is 0 Å². The molecule has 47 heavy (non-hydrogen) atoms. The van der Waals surface area contributed by atoms with Crippen LogP contribution in [0.1, 0.15) is 23.6 Å². The SMILES string of the molecule is C/C=C\C=C/c1cc(-c2ccc(-c3cncc(C)c3)cc2)c2ccc(-c3ccccc3)cc2c1-c1ccc(-c2cncc(C)c2)cc1. The first-order chi connectivity index (χ1) is 23.1. The smallest absolute Gasteiger partial charge is 0.0346 e. The van der Waals surface area contributed by atoms with Gasteiger partial charge in [-0.3, -0.25) is 9.97 Å². The summed E-state index contributed by atoms with van der Waals surface area (Å²) in [5, 5.41) is 2.45. The lowest BCUT2D eigenvalue weighted by Crippen LogP contribution is -1.93. The van der Waals surface area contributed by atoms with Crippen LogP contribution in [0.3, 0.4) is 0 Å². The van der Waals surface area contributed by atoms with Crippen LogP contribution in [0, 0.1) is 13.8 Å². The third-order valence-electron chi connectivity index (χ3n) is 8.64. The summed E-state index contributed by atoms with van der Waals surface area (Å²) in [7, 11) is 0. The van der Waals surface area contributed by atoms with E-state index in [0.717, 1.165) is 33.4 Å². The molecule has 2 heteroatoms. The van der Waals surface area contributed by atoms with Crippen LogP contribution in [-0.4, -0.2) is 9.97 Å². The van der Waals surface area contributed by atoms with Gasteiger partial charge in [-0.05, 0) is 117 Å². The quantitative estimate of drug-likeness (QED) is 0.169. The van der Waals surface area contributed by atoms with Crippen LogP contribution in [0.15, 0.2) is 158 Å². The van der Waals surface area contributed by atoms with E-state index in [0.29, 0.717) is 0 Å². The number of aryl methyl sites for hydroxylation is 2. The third kappa shape index (κ3) is 6.32. The fourth-order valence-electron chi connectivity index (χ4n) is 6.32. The Balaban J connectivity index is 1.44. The zero-order valence-electron chi connectivity index (χ0n) is 27.0. The maximum absolute atomic E-state index is 4.42. The van der Waals surface area contributed by atoms with E-state index in [-0.39, 0.29) is 0 Å². The van der Waals surface area contributed by atoms with Crippen molar-refractivity contribution in [2.75, 3.05) is 0 Å². The molecule has 0 bridgehead atoms. The first-order valence-corrected chi connectivity index (χ1v) is 16.1. The number of nitrogens with zero attached hydrogens (tertiary/aromatic N) is 2. The van der Waals surface area contributed by atoms with Crippen molar-refractivity contribution < 1.29 is 0 Å². The van der Waals surface area contributed by atoms with Crippen molar-refractivity contribution in [3.8, 4) is 55.6 Å². The number of hydrogen-bond donors (Lipinski definition) is 0. The van der Waals surface area contributed by atoms with Gasteiger partial charge in [0.05, 0.1) is 0 Å². The van der Waals surface area contributed by atoms with Crippen molar-refractivity contribution >= 4 is 16.8 Å². The predicted molar refractivity (Wildman–Crippen MR) is 200 cm³/mol. The summed E-state index contributed by atoms with van der Waals surface area (Å²) in [6.07, 6.45) is 16.2. The molecule has 0 unspecified atom stereocenters. The lowest BCUT2D eigenvalue weighted by molar-refractivity contribution is 1.27. The number of hydrogen-bond acceptors (Lipinski definition) is 2. The van der Waals surface area contributed by atoms with Crippen molar-refractivity contribution in [2.45, 2.75) is 20.8 Å². The number of aromatic nitrogens is 2. The molecule has 7 rings (SSSR count). The highest BCUT2D eigenvalue weighted by Gasteiger charge is 2.16. The van der Waals surface area contributed by atoms with E-state index in [4.69, 9.17) is 0 Å². The highest BCUT2D eigenvalue weighted by atomic mass is 14.6. The Morgan fingerprint density at radius 1 is 0.447 bits per heavy atom. The molecule has 2 heterocycles. The molecule has 0 aliphatic rings. The Hall–Kier alpha value is -5.86. The summed E-state index contributed by atoms with van der Waals surface area (Å²) in [5.74, 6) is 0. The second kappa shape index (κ2) is 13.2. The number of pyridine rings is 2. The third-order valence-corrected chi connectivity index (χ3v) is 8.64. The average Bonchev–Trinajstić information content (AvgIpc) is 3.12. The van der Waals surface area contributed by atoms with Crippen LogP contribution < -0.4 is 0 Å². The molecule has 0 atom stereocenters. The molecular weight excluding hydrogens is 569 g/mol. The molecule has 2 aromatic heterocycles. The van der Waals surface area contributed by atoms with E-state index < -0.39 is 0 Å². The average molecular weight is 605 g/mol. The molecule has 0 N–H and O–H groups in total. The van der Waals surface area contributed by atoms with Crippen molar-refractivity contribution in [1.82, 2.24) is 9.97 Å². The minimum atomic E-state index is 1.13. The maximum Gasteiger partial charge on any atom is 0.0346 e. The number of allylic oxidation sites excluding steroid dienone is 3. The summed E-state index contributed by atoms with van der Waals surface area (Å²) in [6.45, 7) is 6.21. The molecule has 0 saturated heterocycles. The van der Waals surface area contributed by atoms with Crippen LogP contribution in [0.25, 0.3) is 72.5 Å². The second-order valence-electron chi connectivity index (χ2n) is 12.1. The summed E-state index contributed by atoms with van der Waals surface area (Å²) in [4.78, 5) is 8.83. The fraction of sp³-hybridized carbons (Fsp3) is 0.0667. The molecule has 2 nitrogen and oxygen atoms in total. The minimum absolute atomic E-state index is 1.13. The monoisotopic (exact) mass is 604 g/mol. The van der Waals surface area contributed by atoms with E-state index in [2.05, 4.69) is 163 Å². The van der Waals surface area contributed by atoms with Crippen LogP contribution in [0.5, 0.6) is 0 Å². The van der Waals surface area contributed by atoms with Crippen molar-refractivity contribution in [3.05, 3.63) is 175 Å². The normalized spacial score (nSPS) is 11.6. The van der Waals surface area contributed by atoms with Gasteiger partial charge in [0.1, 0.15) is 0 Å². The second-order valence-corrected chi connectivity index (χ2v) is 12.1. The van der Waals surface area contributed by atoms with Gasteiger partial charge in [-0.25, -0.2) is 0 Å². The summed E-state index contributed by atoms with van der Waals surface area (Å²) in [6, 6.07) is 42.1. The van der Waals surface area contributed by atoms with Gasteiger partial charge >= 0.3 is 0 Å². The summed E-state index contributed by atoms with van der Waals surface area (Å²) in [5.41, 5.74) is 15.3. The van der Waals surface area contributed by atoms with Gasteiger partial charge in [0, 0.05) is 35.9 Å². The highest BCUT2D eigenvalue weighted by molar-refractivity contribution is 6.09. The molecule has 0 radical (unpaired) electrons. The molecule has 5 aromatic carbocycles. The Labute approximate surface area is 277 Å². The van der Waals surface area contributed by atoms with E-state index in [1.54, 1.807) is 0 Å². The molecule has 0 fully saturated rings. The van der Waals surface area contributed by atoms with Gasteiger partial charge in [-0.2, -0.15) is 0 Å². The highest BCUT2D eigenvalue weighted by Crippen LogP contribution is 2.42. The summed E-state index contributed by atoms with van der Waals surface area (Å²) >= 11 is 0. The van der Waals surface area contributed by atoms with Crippen LogP contribution in [-0.2, 0) is 0 Å². The Kier molecular flexibility index (Phi) is 8.41. The summed E-state index contributed by atoms with van der Waals surface area (Å²) < 4.78 is 0. The van der Waals surface area contributed by atoms with E-state index in [1.807, 2.05) is 31.7 Å². The van der Waals surface area contributed by atoms with Crippen molar-refractivity contribution in [1.29, 1.82) is 0 Å². The number of benzene rings is 5. The molecule has 0 aliphatic heterocycles. The van der Waals surface area contributed by atoms with E-state index >= 15 is 0 Å². The molecule has 7 aromatic rings. The Bertz CT molecular complexity index is 2240. The topological polar surface area (TPSA) is 25.8 Å². The van der Waals surface area contributed by atoms with Crippen molar-refractivity contribution in [2.24, 2.45) is 0 Å². The standard InChI is InChI=1S/C45H36N2/c1-4-5-7-12-39-26-43(36-17-13-34(14-18-36)40-23-31(2)27-46-29-40)42-22-21-38(33-10-8-6-9-11-33)25-44(42)45(39)37-19-15-35(16-20-37)41-24-32(3)28-47-30-41/h4-30H,1-3H3/b5-4-,12-7-. The minimum Gasteiger partial charge on any atom is -0.264 e. The van der Waals surface area contributed by atoms with E-state index in [9.17, 15) is 0 Å². The van der Waals surface area contributed by atoms with Gasteiger partial charge < -0.3 is 0 Å². The van der Waals surface area contributed by atoms with Gasteiger partial charge in [-0.15, -0.1) is 0 Å². The van der Waals surface area contributed by atoms with Gasteiger partial charge in [-0.1, -0.05) is 115 Å². The Morgan fingerprint density at radius 2 is 1.00 bits per heavy atom. The van der Waals surface area contributed by atoms with Crippen LogP contribution in [0.2, 0.25) is 0 Å². The number of fused-ring (bicyclic) bond motifs is 1. The first kappa shape index (κ1) is 29.8. The largest absolute Gasteiger partial charge is 0.264 e. The molecule has 0 aliphatic carbocycles. The molecular formula is C45H36N2. The lowest BCUT2D eigenvalue weighted by Gasteiger charge is -2.18. The predicted octanol–water partition coefficient (Wildman–Crippen LogP) is 12.2. The van der Waals surface area contributed by atoms with E-state index in [1.165, 1.54) is 49.7 Å². The zero-order valence-corrected chi connectivity index (χ0v) is 27.0. The Morgan fingerprint density at radius 3 is 1.60 bits per heavy atom. The first-order valence-electron chi connectivity index (χ1n) is 16.1. The van der Waals surface area contributed by atoms with Crippen LogP contribution >= 0.6 is 0 Å². The molecule has 0 amide bonds. The molecule has 226 valence electrons. The molecule has 0 spiro atoms. The lowest BCUT2D eigenvalue weighted by atomic mass is 9.86. The molecule has 0 saturated carbocycles. The maximum atomic E-state index is 4.42. The van der Waals surface area contributed by atoms with Crippen LogP contribution in [0.4, 0.5) is 0 Å². The number of rotatable bonds is 7. The van der Waals surface area contributed by atoms with Gasteiger partial charge in [0.15, 0.2) is 0 Å². The van der Waals surface area contributed by atoms with Crippen molar-refractivity contribution in [3.63, 3.8) is 0 Å². The fourth-order valence-corrected chi connectivity index (χ4v) is 6.32.